The number of hydrogen-bond donors (Lipinski definition) is 1. The van der Waals surface area contributed by atoms with Crippen LogP contribution in [0.4, 0.5) is 5.69 Å². The van der Waals surface area contributed by atoms with Crippen molar-refractivity contribution in [3.63, 3.8) is 0 Å². The van der Waals surface area contributed by atoms with Crippen molar-refractivity contribution in [1.29, 1.82) is 0 Å². The van der Waals surface area contributed by atoms with E-state index in [0.717, 1.165) is 6.07 Å². The molecule has 0 radical (unpaired) electrons. The summed E-state index contributed by atoms with van der Waals surface area (Å²) < 4.78 is 1.76. The third-order valence-corrected chi connectivity index (χ3v) is 3.06. The van der Waals surface area contributed by atoms with Crippen molar-refractivity contribution in [1.82, 2.24) is 14.9 Å². The summed E-state index contributed by atoms with van der Waals surface area (Å²) >= 11 is 5.88. The molecule has 1 N–H and O–H groups in total. The number of benzene rings is 1. The molecule has 7 nitrogen and oxygen atoms in total. The Morgan fingerprint density at radius 1 is 1.55 bits per heavy atom. The molecule has 2 rings (SSSR count). The summed E-state index contributed by atoms with van der Waals surface area (Å²) in [5, 5.41) is 13.5. The summed E-state index contributed by atoms with van der Waals surface area (Å²) in [6, 6.07) is 3.73. The number of halogens is 1. The minimum atomic E-state index is -0.578. The van der Waals surface area contributed by atoms with Gasteiger partial charge in [0.2, 0.25) is 0 Å². The van der Waals surface area contributed by atoms with Crippen molar-refractivity contribution in [3.8, 4) is 0 Å². The largest absolute Gasteiger partial charge is 0.345 e. The smallest absolute Gasteiger partial charge is 0.270 e. The predicted octanol–water partition coefficient (Wildman–Crippen LogP) is 1.91. The molecule has 104 valence electrons. The molecule has 0 aliphatic rings. The van der Waals surface area contributed by atoms with E-state index in [1.54, 1.807) is 24.0 Å². The highest BCUT2D eigenvalue weighted by Crippen LogP contribution is 2.21. The standard InChI is InChI=1S/C12H11ClN4O3/c1-16-5-4-14-11(16)7-15-12(18)9-6-8(17(19)20)2-3-10(9)13/h2-6H,7H2,1H3,(H,15,18). The Bertz CT molecular complexity index is 668. The highest BCUT2D eigenvalue weighted by Gasteiger charge is 2.16. The Morgan fingerprint density at radius 2 is 2.30 bits per heavy atom. The lowest BCUT2D eigenvalue weighted by Gasteiger charge is -2.06. The maximum absolute atomic E-state index is 12.0. The van der Waals surface area contributed by atoms with E-state index in [0.29, 0.717) is 5.82 Å². The first kappa shape index (κ1) is 14.0. The highest BCUT2D eigenvalue weighted by atomic mass is 35.5. The molecule has 0 saturated heterocycles. The van der Waals surface area contributed by atoms with Gasteiger partial charge in [0.15, 0.2) is 0 Å². The molecule has 1 amide bonds. The molecule has 20 heavy (non-hydrogen) atoms. The molecule has 0 aliphatic heterocycles. The van der Waals surface area contributed by atoms with Gasteiger partial charge in [-0.05, 0) is 6.07 Å². The van der Waals surface area contributed by atoms with Gasteiger partial charge in [0.05, 0.1) is 22.1 Å². The van der Waals surface area contributed by atoms with Gasteiger partial charge in [-0.1, -0.05) is 11.6 Å². The molecule has 1 aromatic heterocycles. The zero-order chi connectivity index (χ0) is 14.7. The Morgan fingerprint density at radius 3 is 2.90 bits per heavy atom. The second-order valence-corrected chi connectivity index (χ2v) is 4.47. The van der Waals surface area contributed by atoms with E-state index in [1.165, 1.54) is 12.1 Å². The first-order valence-electron chi connectivity index (χ1n) is 5.67. The molecule has 0 fully saturated rings. The van der Waals surface area contributed by atoms with Gasteiger partial charge in [-0.3, -0.25) is 14.9 Å². The number of non-ortho nitro benzene ring substituents is 1. The number of aryl methyl sites for hydroxylation is 1. The van der Waals surface area contributed by atoms with Crippen LogP contribution in [0, 0.1) is 10.1 Å². The molecule has 0 spiro atoms. The fourth-order valence-electron chi connectivity index (χ4n) is 1.62. The van der Waals surface area contributed by atoms with Gasteiger partial charge in [-0.15, -0.1) is 0 Å². The maximum atomic E-state index is 12.0. The number of carbonyl (C=O) groups excluding carboxylic acids is 1. The minimum absolute atomic E-state index is 0.0649. The molecule has 0 aliphatic carbocycles. The van der Waals surface area contributed by atoms with Gasteiger partial charge in [0, 0.05) is 31.6 Å². The Kier molecular flexibility index (Phi) is 3.99. The molecular weight excluding hydrogens is 284 g/mol. The number of amides is 1. The van der Waals surface area contributed by atoms with Crippen LogP contribution in [0.25, 0.3) is 0 Å². The number of rotatable bonds is 4. The Hall–Kier alpha value is -2.41. The van der Waals surface area contributed by atoms with Crippen LogP contribution in [0.15, 0.2) is 30.6 Å². The lowest BCUT2D eigenvalue weighted by atomic mass is 10.2. The lowest BCUT2D eigenvalue weighted by molar-refractivity contribution is -0.384. The van der Waals surface area contributed by atoms with E-state index in [4.69, 9.17) is 11.6 Å². The van der Waals surface area contributed by atoms with Crippen molar-refractivity contribution in [2.45, 2.75) is 6.54 Å². The van der Waals surface area contributed by atoms with Crippen LogP contribution in [0.3, 0.4) is 0 Å². The van der Waals surface area contributed by atoms with Gasteiger partial charge >= 0.3 is 0 Å². The van der Waals surface area contributed by atoms with E-state index in [-0.39, 0.29) is 22.8 Å². The monoisotopic (exact) mass is 294 g/mol. The van der Waals surface area contributed by atoms with Crippen LogP contribution in [0.2, 0.25) is 5.02 Å². The van der Waals surface area contributed by atoms with E-state index < -0.39 is 10.8 Å². The normalized spacial score (nSPS) is 10.3. The molecular formula is C12H11ClN4O3. The van der Waals surface area contributed by atoms with Crippen LogP contribution in [0.5, 0.6) is 0 Å². The van der Waals surface area contributed by atoms with Crippen LogP contribution in [-0.4, -0.2) is 20.4 Å². The van der Waals surface area contributed by atoms with E-state index in [2.05, 4.69) is 10.3 Å². The second-order valence-electron chi connectivity index (χ2n) is 4.06. The fourth-order valence-corrected chi connectivity index (χ4v) is 1.83. The second kappa shape index (κ2) is 5.70. The molecule has 0 atom stereocenters. The minimum Gasteiger partial charge on any atom is -0.345 e. The van der Waals surface area contributed by atoms with Crippen molar-refractivity contribution < 1.29 is 9.72 Å². The van der Waals surface area contributed by atoms with Crippen LogP contribution in [-0.2, 0) is 13.6 Å². The van der Waals surface area contributed by atoms with Crippen LogP contribution in [0.1, 0.15) is 16.2 Å². The van der Waals surface area contributed by atoms with Gasteiger partial charge in [-0.25, -0.2) is 4.98 Å². The maximum Gasteiger partial charge on any atom is 0.270 e. The van der Waals surface area contributed by atoms with Crippen LogP contribution >= 0.6 is 11.6 Å². The Labute approximate surface area is 119 Å². The van der Waals surface area contributed by atoms with Crippen molar-refractivity contribution in [2.75, 3.05) is 0 Å². The summed E-state index contributed by atoms with van der Waals surface area (Å²) in [5.74, 6) is 0.182. The summed E-state index contributed by atoms with van der Waals surface area (Å²) in [6.07, 6.45) is 3.36. The van der Waals surface area contributed by atoms with Crippen LogP contribution < -0.4 is 5.32 Å². The van der Waals surface area contributed by atoms with Gasteiger partial charge in [-0.2, -0.15) is 0 Å². The molecule has 0 saturated carbocycles. The van der Waals surface area contributed by atoms with Gasteiger partial charge in [0.25, 0.3) is 11.6 Å². The zero-order valence-corrected chi connectivity index (χ0v) is 11.3. The molecule has 1 heterocycles. The lowest BCUT2D eigenvalue weighted by Crippen LogP contribution is -2.24. The SMILES string of the molecule is Cn1ccnc1CNC(=O)c1cc([N+](=O)[O-])ccc1Cl. The number of nitrogens with one attached hydrogen (secondary N) is 1. The number of hydrogen-bond acceptors (Lipinski definition) is 4. The number of nitrogens with zero attached hydrogens (tertiary/aromatic N) is 3. The highest BCUT2D eigenvalue weighted by molar-refractivity contribution is 6.33. The molecule has 2 aromatic rings. The average Bonchev–Trinajstić information content (AvgIpc) is 2.81. The summed E-state index contributed by atoms with van der Waals surface area (Å²) in [7, 11) is 1.80. The average molecular weight is 295 g/mol. The third kappa shape index (κ3) is 2.94. The molecule has 0 unspecified atom stereocenters. The first-order chi connectivity index (χ1) is 9.49. The van der Waals surface area contributed by atoms with E-state index >= 15 is 0 Å². The molecule has 0 bridgehead atoms. The Balaban J connectivity index is 2.15. The summed E-state index contributed by atoms with van der Waals surface area (Å²) in [5.41, 5.74) is -0.119. The fraction of sp³-hybridized carbons (Fsp3) is 0.167. The number of imidazole rings is 1. The predicted molar refractivity (Wildman–Crippen MR) is 72.5 cm³/mol. The summed E-state index contributed by atoms with van der Waals surface area (Å²) in [6.45, 7) is 0.210. The van der Waals surface area contributed by atoms with E-state index in [9.17, 15) is 14.9 Å². The van der Waals surface area contributed by atoms with Crippen molar-refractivity contribution in [3.05, 3.63) is 57.1 Å². The molecule has 1 aromatic carbocycles. The van der Waals surface area contributed by atoms with Crippen molar-refractivity contribution in [2.24, 2.45) is 7.05 Å². The topological polar surface area (TPSA) is 90.1 Å². The number of carbonyl (C=O) groups is 1. The zero-order valence-electron chi connectivity index (χ0n) is 10.5. The third-order valence-electron chi connectivity index (χ3n) is 2.73. The van der Waals surface area contributed by atoms with Crippen molar-refractivity contribution >= 4 is 23.2 Å². The quantitative estimate of drug-likeness (QED) is 0.689. The number of nitro groups is 1. The van der Waals surface area contributed by atoms with Gasteiger partial charge in [0.1, 0.15) is 5.82 Å². The van der Waals surface area contributed by atoms with E-state index in [1.807, 2.05) is 0 Å². The number of aromatic nitrogens is 2. The number of nitro benzene ring substituents is 1. The molecule has 8 heteroatoms. The summed E-state index contributed by atoms with van der Waals surface area (Å²) in [4.78, 5) is 26.2. The van der Waals surface area contributed by atoms with Gasteiger partial charge < -0.3 is 9.88 Å². The first-order valence-corrected chi connectivity index (χ1v) is 6.05.